The maximum atomic E-state index is 13.4. The molecule has 0 radical (unpaired) electrons. The van der Waals surface area contributed by atoms with Crippen molar-refractivity contribution >= 4 is 22.8 Å². The minimum atomic E-state index is -0.152. The molecule has 0 bridgehead atoms. The van der Waals surface area contributed by atoms with Crippen molar-refractivity contribution in [2.45, 2.75) is 19.8 Å². The van der Waals surface area contributed by atoms with Crippen LogP contribution in [0.1, 0.15) is 30.1 Å². The third-order valence-corrected chi connectivity index (χ3v) is 5.42. The second kappa shape index (κ2) is 8.43. The summed E-state index contributed by atoms with van der Waals surface area (Å²) in [6.45, 7) is 3.32. The summed E-state index contributed by atoms with van der Waals surface area (Å²) < 4.78 is 5.13. The lowest BCUT2D eigenvalue weighted by molar-refractivity contribution is -0.149. The SMILES string of the molecule is CCOC(=O)C1CCN(C(=O)c2cc(-c3ccccc3)nc3ccccc23)CC1. The number of likely N-dealkylation sites (tertiary alicyclic amines) is 1. The van der Waals surface area contributed by atoms with Gasteiger partial charge in [0.05, 0.1) is 29.3 Å². The summed E-state index contributed by atoms with van der Waals surface area (Å²) in [4.78, 5) is 32.0. The molecule has 2 aromatic carbocycles. The predicted octanol–water partition coefficient (Wildman–Crippen LogP) is 4.32. The number of carbonyl (C=O) groups is 2. The number of para-hydroxylation sites is 1. The monoisotopic (exact) mass is 388 g/mol. The molecule has 0 atom stereocenters. The number of fused-ring (bicyclic) bond motifs is 1. The number of amides is 1. The molecule has 1 amide bonds. The largest absolute Gasteiger partial charge is 0.466 e. The molecule has 5 heteroatoms. The Hall–Kier alpha value is -3.21. The summed E-state index contributed by atoms with van der Waals surface area (Å²) in [5.74, 6) is -0.281. The van der Waals surface area contributed by atoms with Crippen LogP contribution in [-0.4, -0.2) is 41.5 Å². The van der Waals surface area contributed by atoms with E-state index in [0.29, 0.717) is 38.1 Å². The van der Waals surface area contributed by atoms with Crippen molar-refractivity contribution in [2.75, 3.05) is 19.7 Å². The molecule has 29 heavy (non-hydrogen) atoms. The van der Waals surface area contributed by atoms with Crippen molar-refractivity contribution in [1.82, 2.24) is 9.88 Å². The van der Waals surface area contributed by atoms with E-state index < -0.39 is 0 Å². The molecule has 1 fully saturated rings. The van der Waals surface area contributed by atoms with Crippen LogP contribution in [0.2, 0.25) is 0 Å². The number of pyridine rings is 1. The maximum Gasteiger partial charge on any atom is 0.309 e. The number of nitrogens with zero attached hydrogens (tertiary/aromatic N) is 2. The third-order valence-electron chi connectivity index (χ3n) is 5.42. The molecule has 1 saturated heterocycles. The summed E-state index contributed by atoms with van der Waals surface area (Å²) in [5, 5.41) is 0.852. The molecule has 0 spiro atoms. The minimum absolute atomic E-state index is 0.0110. The minimum Gasteiger partial charge on any atom is -0.466 e. The van der Waals surface area contributed by atoms with Gasteiger partial charge in [-0.05, 0) is 31.9 Å². The van der Waals surface area contributed by atoms with Gasteiger partial charge in [0.25, 0.3) is 5.91 Å². The van der Waals surface area contributed by atoms with Gasteiger partial charge in [-0.25, -0.2) is 4.98 Å². The molecule has 1 aliphatic heterocycles. The van der Waals surface area contributed by atoms with E-state index in [4.69, 9.17) is 9.72 Å². The summed E-state index contributed by atoms with van der Waals surface area (Å²) >= 11 is 0. The molecule has 0 aliphatic carbocycles. The summed E-state index contributed by atoms with van der Waals surface area (Å²) in [7, 11) is 0. The van der Waals surface area contributed by atoms with Crippen molar-refractivity contribution in [3.63, 3.8) is 0 Å². The fourth-order valence-corrected chi connectivity index (χ4v) is 3.86. The van der Waals surface area contributed by atoms with Crippen molar-refractivity contribution in [1.29, 1.82) is 0 Å². The van der Waals surface area contributed by atoms with Gasteiger partial charge >= 0.3 is 5.97 Å². The van der Waals surface area contributed by atoms with E-state index in [-0.39, 0.29) is 17.8 Å². The number of hydrogen-bond acceptors (Lipinski definition) is 4. The van der Waals surface area contributed by atoms with Gasteiger partial charge in [0, 0.05) is 24.0 Å². The van der Waals surface area contributed by atoms with Gasteiger partial charge in [0.15, 0.2) is 0 Å². The van der Waals surface area contributed by atoms with E-state index in [1.54, 1.807) is 0 Å². The van der Waals surface area contributed by atoms with Crippen LogP contribution >= 0.6 is 0 Å². The zero-order valence-corrected chi connectivity index (χ0v) is 16.5. The Labute approximate surface area is 170 Å². The number of hydrogen-bond donors (Lipinski definition) is 0. The van der Waals surface area contributed by atoms with Gasteiger partial charge in [0.1, 0.15) is 0 Å². The van der Waals surface area contributed by atoms with Gasteiger partial charge in [-0.1, -0.05) is 48.5 Å². The first-order valence-corrected chi connectivity index (χ1v) is 10.1. The van der Waals surface area contributed by atoms with Crippen LogP contribution in [-0.2, 0) is 9.53 Å². The number of esters is 1. The molecule has 0 saturated carbocycles. The topological polar surface area (TPSA) is 59.5 Å². The summed E-state index contributed by atoms with van der Waals surface area (Å²) in [6.07, 6.45) is 1.28. The van der Waals surface area contributed by atoms with Crippen LogP contribution in [0.5, 0.6) is 0 Å². The van der Waals surface area contributed by atoms with Gasteiger partial charge in [0.2, 0.25) is 0 Å². The molecule has 1 aliphatic rings. The van der Waals surface area contributed by atoms with E-state index in [2.05, 4.69) is 0 Å². The Morgan fingerprint density at radius 2 is 1.72 bits per heavy atom. The fourth-order valence-electron chi connectivity index (χ4n) is 3.86. The first-order valence-electron chi connectivity index (χ1n) is 10.1. The second-order valence-electron chi connectivity index (χ2n) is 7.26. The van der Waals surface area contributed by atoms with Crippen LogP contribution in [0, 0.1) is 5.92 Å². The van der Waals surface area contributed by atoms with Gasteiger partial charge < -0.3 is 9.64 Å². The molecular weight excluding hydrogens is 364 g/mol. The van der Waals surface area contributed by atoms with Crippen LogP contribution in [0.3, 0.4) is 0 Å². The highest BCUT2D eigenvalue weighted by atomic mass is 16.5. The van der Waals surface area contributed by atoms with Crippen LogP contribution in [0.15, 0.2) is 60.7 Å². The Morgan fingerprint density at radius 3 is 2.45 bits per heavy atom. The fraction of sp³-hybridized carbons (Fsp3) is 0.292. The number of benzene rings is 2. The number of rotatable bonds is 4. The lowest BCUT2D eigenvalue weighted by atomic mass is 9.95. The normalized spacial score (nSPS) is 14.7. The number of piperidine rings is 1. The Morgan fingerprint density at radius 1 is 1.03 bits per heavy atom. The Bertz CT molecular complexity index is 1020. The van der Waals surface area contributed by atoms with Crippen LogP contribution < -0.4 is 0 Å². The number of ether oxygens (including phenoxy) is 1. The van der Waals surface area contributed by atoms with Gasteiger partial charge in [-0.3, -0.25) is 9.59 Å². The number of carbonyl (C=O) groups excluding carboxylic acids is 2. The van der Waals surface area contributed by atoms with Gasteiger partial charge in [-0.2, -0.15) is 0 Å². The average molecular weight is 388 g/mol. The molecule has 5 nitrogen and oxygen atoms in total. The maximum absolute atomic E-state index is 13.4. The van der Waals surface area contributed by atoms with Gasteiger partial charge in [-0.15, -0.1) is 0 Å². The average Bonchev–Trinajstić information content (AvgIpc) is 2.78. The zero-order chi connectivity index (χ0) is 20.2. The molecule has 2 heterocycles. The highest BCUT2D eigenvalue weighted by Gasteiger charge is 2.29. The smallest absolute Gasteiger partial charge is 0.309 e. The summed E-state index contributed by atoms with van der Waals surface area (Å²) in [6, 6.07) is 19.5. The van der Waals surface area contributed by atoms with E-state index >= 15 is 0 Å². The first-order chi connectivity index (χ1) is 14.2. The van der Waals surface area contributed by atoms with Crippen molar-refractivity contribution in [3.05, 3.63) is 66.2 Å². The molecule has 148 valence electrons. The standard InChI is InChI=1S/C24H24N2O3/c1-2-29-24(28)18-12-14-26(15-13-18)23(27)20-16-22(17-8-4-3-5-9-17)25-21-11-7-6-10-19(20)21/h3-11,16,18H,2,12-15H2,1H3. The number of aromatic nitrogens is 1. The second-order valence-corrected chi connectivity index (χ2v) is 7.26. The highest BCUT2D eigenvalue weighted by Crippen LogP contribution is 2.27. The zero-order valence-electron chi connectivity index (χ0n) is 16.5. The van der Waals surface area contributed by atoms with E-state index in [1.807, 2.05) is 72.5 Å². The Balaban J connectivity index is 1.63. The first kappa shape index (κ1) is 19.1. The lowest BCUT2D eigenvalue weighted by Crippen LogP contribution is -2.40. The highest BCUT2D eigenvalue weighted by molar-refractivity contribution is 6.07. The van der Waals surface area contributed by atoms with Crippen molar-refractivity contribution < 1.29 is 14.3 Å². The molecular formula is C24H24N2O3. The van der Waals surface area contributed by atoms with E-state index in [0.717, 1.165) is 22.2 Å². The van der Waals surface area contributed by atoms with E-state index in [9.17, 15) is 9.59 Å². The molecule has 1 aromatic heterocycles. The molecule has 0 unspecified atom stereocenters. The van der Waals surface area contributed by atoms with E-state index in [1.165, 1.54) is 0 Å². The van der Waals surface area contributed by atoms with Crippen molar-refractivity contribution in [2.24, 2.45) is 5.92 Å². The van der Waals surface area contributed by atoms with Crippen molar-refractivity contribution in [3.8, 4) is 11.3 Å². The lowest BCUT2D eigenvalue weighted by Gasteiger charge is -2.31. The quantitative estimate of drug-likeness (QED) is 0.625. The Kier molecular flexibility index (Phi) is 5.56. The third kappa shape index (κ3) is 3.99. The van der Waals surface area contributed by atoms with Crippen LogP contribution in [0.4, 0.5) is 0 Å². The molecule has 0 N–H and O–H groups in total. The predicted molar refractivity (Wildman–Crippen MR) is 112 cm³/mol. The molecule has 4 rings (SSSR count). The summed E-state index contributed by atoms with van der Waals surface area (Å²) in [5.41, 5.74) is 3.23. The molecule has 3 aromatic rings. The van der Waals surface area contributed by atoms with Crippen LogP contribution in [0.25, 0.3) is 22.2 Å².